The third-order valence-electron chi connectivity index (χ3n) is 6.71. The Bertz CT molecular complexity index is 1520. The molecule has 4 aromatic rings. The number of nitrogens with zero attached hydrogens (tertiary/aromatic N) is 3. The third-order valence-corrected chi connectivity index (χ3v) is 6.71. The zero-order chi connectivity index (χ0) is 26.3. The number of hydrogen-bond donors (Lipinski definition) is 1. The van der Waals surface area contributed by atoms with Crippen molar-refractivity contribution >= 4 is 17.3 Å². The molecule has 0 radical (unpaired) electrons. The summed E-state index contributed by atoms with van der Waals surface area (Å²) < 4.78 is 25.1. The Hall–Kier alpha value is -4.46. The van der Waals surface area contributed by atoms with Gasteiger partial charge in [-0.05, 0) is 74.7 Å². The van der Waals surface area contributed by atoms with Crippen LogP contribution in [0.4, 0.5) is 14.9 Å². The van der Waals surface area contributed by atoms with Gasteiger partial charge in [-0.1, -0.05) is 41.1 Å². The number of rotatable bonds is 5. The fraction of sp³-hybridized carbons (Fsp3) is 0.207. The number of ether oxygens (including phenoxy) is 1. The molecule has 0 spiro atoms. The maximum atomic E-state index is 14.3. The van der Waals surface area contributed by atoms with Gasteiger partial charge in [-0.3, -0.25) is 4.90 Å². The zero-order valence-electron chi connectivity index (χ0n) is 21.3. The molecule has 0 bridgehead atoms. The van der Waals surface area contributed by atoms with Crippen molar-refractivity contribution in [1.29, 1.82) is 0 Å². The first-order valence-corrected chi connectivity index (χ1v) is 11.9. The summed E-state index contributed by atoms with van der Waals surface area (Å²) >= 11 is 0. The van der Waals surface area contributed by atoms with Crippen molar-refractivity contribution in [3.8, 4) is 17.1 Å². The van der Waals surface area contributed by atoms with Crippen LogP contribution in [0.3, 0.4) is 0 Å². The van der Waals surface area contributed by atoms with E-state index in [-0.39, 0.29) is 23.5 Å². The Morgan fingerprint density at radius 2 is 1.73 bits per heavy atom. The number of benzene rings is 3. The molecule has 2 heterocycles. The Balaban J connectivity index is 1.65. The lowest BCUT2D eigenvalue weighted by Gasteiger charge is -2.35. The number of aromatic nitrogens is 2. The van der Waals surface area contributed by atoms with Gasteiger partial charge in [0.15, 0.2) is 11.6 Å². The molecule has 1 aromatic heterocycles. The van der Waals surface area contributed by atoms with Gasteiger partial charge in [-0.25, -0.2) is 9.18 Å². The number of nitrogens with one attached hydrogen (secondary N) is 1. The van der Waals surface area contributed by atoms with Crippen molar-refractivity contribution < 1.29 is 18.4 Å². The van der Waals surface area contributed by atoms with E-state index < -0.39 is 11.9 Å². The van der Waals surface area contributed by atoms with Gasteiger partial charge < -0.3 is 14.6 Å². The van der Waals surface area contributed by atoms with Crippen LogP contribution < -0.4 is 15.0 Å². The molecular formula is C29H27FN4O3. The van der Waals surface area contributed by atoms with Crippen molar-refractivity contribution in [2.24, 2.45) is 0 Å². The molecule has 1 N–H and O–H groups in total. The molecule has 0 saturated heterocycles. The SMILES string of the molecule is COc1ccc(-c2noc(C3=C(C)N(c4ccc(C)cc4)C(=O)NC3c3ccc(C)c(C)c3)n2)cc1F. The van der Waals surface area contributed by atoms with Gasteiger partial charge in [0.2, 0.25) is 5.82 Å². The Kier molecular flexibility index (Phi) is 6.25. The molecular weight excluding hydrogens is 471 g/mol. The fourth-order valence-corrected chi connectivity index (χ4v) is 4.47. The van der Waals surface area contributed by atoms with Gasteiger partial charge in [0.1, 0.15) is 0 Å². The van der Waals surface area contributed by atoms with Crippen LogP contribution in [0.1, 0.15) is 41.1 Å². The first-order chi connectivity index (χ1) is 17.8. The summed E-state index contributed by atoms with van der Waals surface area (Å²) in [5.74, 6) is 0.0772. The average Bonchev–Trinajstić information content (AvgIpc) is 3.36. The molecule has 1 aliphatic heterocycles. The van der Waals surface area contributed by atoms with E-state index in [4.69, 9.17) is 9.26 Å². The van der Waals surface area contributed by atoms with Crippen LogP contribution in [0.5, 0.6) is 5.75 Å². The van der Waals surface area contributed by atoms with Crippen LogP contribution in [0.2, 0.25) is 0 Å². The van der Waals surface area contributed by atoms with Gasteiger partial charge in [-0.2, -0.15) is 4.98 Å². The maximum Gasteiger partial charge on any atom is 0.326 e. The van der Waals surface area contributed by atoms with E-state index in [1.165, 1.54) is 19.2 Å². The highest BCUT2D eigenvalue weighted by Crippen LogP contribution is 2.39. The highest BCUT2D eigenvalue weighted by Gasteiger charge is 2.36. The van der Waals surface area contributed by atoms with Crippen LogP contribution in [0.15, 0.2) is 70.9 Å². The molecule has 3 aromatic carbocycles. The molecule has 2 amide bonds. The number of halogens is 1. The van der Waals surface area contributed by atoms with E-state index in [0.717, 1.165) is 22.3 Å². The summed E-state index contributed by atoms with van der Waals surface area (Å²) in [4.78, 5) is 19.6. The molecule has 188 valence electrons. The molecule has 0 aliphatic carbocycles. The zero-order valence-corrected chi connectivity index (χ0v) is 21.3. The quantitative estimate of drug-likeness (QED) is 0.339. The number of urea groups is 1. The minimum Gasteiger partial charge on any atom is -0.494 e. The second-order valence-electron chi connectivity index (χ2n) is 9.17. The minimum atomic E-state index is -0.523. The number of aryl methyl sites for hydroxylation is 3. The van der Waals surface area contributed by atoms with Crippen LogP contribution in [0.25, 0.3) is 17.0 Å². The molecule has 0 fully saturated rings. The number of carbonyl (C=O) groups is 1. The Morgan fingerprint density at radius 3 is 2.41 bits per heavy atom. The second-order valence-corrected chi connectivity index (χ2v) is 9.17. The first-order valence-electron chi connectivity index (χ1n) is 11.9. The largest absolute Gasteiger partial charge is 0.494 e. The van der Waals surface area contributed by atoms with Gasteiger partial charge >= 0.3 is 6.03 Å². The molecule has 1 unspecified atom stereocenters. The normalized spacial score (nSPS) is 15.7. The number of methoxy groups -OCH3 is 1. The van der Waals surface area contributed by atoms with Crippen LogP contribution in [-0.4, -0.2) is 23.3 Å². The van der Waals surface area contributed by atoms with Gasteiger partial charge in [-0.15, -0.1) is 0 Å². The summed E-state index contributed by atoms with van der Waals surface area (Å²) in [6.07, 6.45) is 0. The smallest absolute Gasteiger partial charge is 0.326 e. The lowest BCUT2D eigenvalue weighted by molar-refractivity contribution is 0.244. The topological polar surface area (TPSA) is 80.5 Å². The number of carbonyl (C=O) groups excluding carboxylic acids is 1. The fourth-order valence-electron chi connectivity index (χ4n) is 4.47. The van der Waals surface area contributed by atoms with E-state index >= 15 is 0 Å². The summed E-state index contributed by atoms with van der Waals surface area (Å²) in [6, 6.07) is 17.5. The first kappa shape index (κ1) is 24.2. The maximum absolute atomic E-state index is 14.3. The minimum absolute atomic E-state index is 0.129. The molecule has 8 heteroatoms. The molecule has 1 atom stereocenters. The summed E-state index contributed by atoms with van der Waals surface area (Å²) in [5.41, 5.74) is 6.72. The van der Waals surface area contributed by atoms with Crippen LogP contribution >= 0.6 is 0 Å². The predicted octanol–water partition coefficient (Wildman–Crippen LogP) is 6.51. The van der Waals surface area contributed by atoms with Crippen molar-refractivity contribution in [2.45, 2.75) is 33.7 Å². The number of amides is 2. The molecule has 0 saturated carbocycles. The van der Waals surface area contributed by atoms with Crippen LogP contribution in [0, 0.1) is 26.6 Å². The average molecular weight is 499 g/mol. The van der Waals surface area contributed by atoms with Crippen molar-refractivity contribution in [1.82, 2.24) is 15.5 Å². The molecule has 5 rings (SSSR count). The van der Waals surface area contributed by atoms with E-state index in [0.29, 0.717) is 22.5 Å². The lowest BCUT2D eigenvalue weighted by atomic mass is 9.92. The number of anilines is 1. The second kappa shape index (κ2) is 9.54. The van der Waals surface area contributed by atoms with E-state index in [1.54, 1.807) is 11.0 Å². The number of hydrogen-bond acceptors (Lipinski definition) is 5. The molecule has 7 nitrogen and oxygen atoms in total. The van der Waals surface area contributed by atoms with E-state index in [1.807, 2.05) is 70.2 Å². The van der Waals surface area contributed by atoms with Gasteiger partial charge in [0.25, 0.3) is 5.89 Å². The highest BCUT2D eigenvalue weighted by atomic mass is 19.1. The van der Waals surface area contributed by atoms with Crippen molar-refractivity contribution in [3.63, 3.8) is 0 Å². The molecule has 1 aliphatic rings. The van der Waals surface area contributed by atoms with E-state index in [9.17, 15) is 9.18 Å². The summed E-state index contributed by atoms with van der Waals surface area (Å²) in [6.45, 7) is 7.92. The summed E-state index contributed by atoms with van der Waals surface area (Å²) in [7, 11) is 1.41. The van der Waals surface area contributed by atoms with Crippen molar-refractivity contribution in [3.05, 3.63) is 100 Å². The standard InChI is InChI=1S/C29H27FN4O3/c1-16-6-11-22(12-7-16)34-19(4)25(26(31-29(34)35)20-9-8-17(2)18(3)14-20)28-32-27(33-37-28)21-10-13-24(36-5)23(30)15-21/h6-15,26H,1-5H3,(H,31,35). The van der Waals surface area contributed by atoms with Crippen LogP contribution in [-0.2, 0) is 0 Å². The summed E-state index contributed by atoms with van der Waals surface area (Å²) in [5, 5.41) is 7.24. The molecule has 37 heavy (non-hydrogen) atoms. The third kappa shape index (κ3) is 4.46. The van der Waals surface area contributed by atoms with E-state index in [2.05, 4.69) is 15.5 Å². The highest BCUT2D eigenvalue weighted by molar-refractivity contribution is 6.01. The van der Waals surface area contributed by atoms with Gasteiger partial charge in [0.05, 0.1) is 24.4 Å². The predicted molar refractivity (Wildman–Crippen MR) is 140 cm³/mol. The Morgan fingerprint density at radius 1 is 0.973 bits per heavy atom. The van der Waals surface area contributed by atoms with Gasteiger partial charge in [0, 0.05) is 11.3 Å². The number of allylic oxidation sites excluding steroid dienone is 1. The van der Waals surface area contributed by atoms with Crippen molar-refractivity contribution in [2.75, 3.05) is 12.0 Å². The Labute approximate surface area is 214 Å². The lowest BCUT2D eigenvalue weighted by Crippen LogP contribution is -2.46. The monoisotopic (exact) mass is 498 g/mol.